The van der Waals surface area contributed by atoms with Crippen molar-refractivity contribution in [2.24, 2.45) is 0 Å². The van der Waals surface area contributed by atoms with Crippen molar-refractivity contribution in [3.05, 3.63) is 48.0 Å². The van der Waals surface area contributed by atoms with Gasteiger partial charge in [-0.3, -0.25) is 14.3 Å². The lowest BCUT2D eigenvalue weighted by molar-refractivity contribution is -0.114. The first-order valence-electron chi connectivity index (χ1n) is 12.1. The Morgan fingerprint density at radius 3 is 2.17 bits per heavy atom. The maximum Gasteiger partial charge on any atom is 0.261 e. The largest absolute Gasteiger partial charge is 0.367 e. The highest BCUT2D eigenvalue weighted by atomic mass is 32.2. The van der Waals surface area contributed by atoms with Gasteiger partial charge in [0.1, 0.15) is 0 Å². The summed E-state index contributed by atoms with van der Waals surface area (Å²) in [4.78, 5) is 28.6. The van der Waals surface area contributed by atoms with E-state index in [-0.39, 0.29) is 16.7 Å². The molecule has 188 valence electrons. The molecular weight excluding hydrogens is 466 g/mol. The lowest BCUT2D eigenvalue weighted by atomic mass is 10.1. The number of rotatable bonds is 6. The second kappa shape index (κ2) is 11.1. The van der Waals surface area contributed by atoms with E-state index < -0.39 is 10.0 Å². The number of piperazine rings is 1. The monoisotopic (exact) mass is 499 g/mol. The van der Waals surface area contributed by atoms with Crippen molar-refractivity contribution >= 4 is 38.9 Å². The molecule has 9 nitrogen and oxygen atoms in total. The minimum absolute atomic E-state index is 0.0705. The number of sulfonamides is 1. The average molecular weight is 500 g/mol. The van der Waals surface area contributed by atoms with Gasteiger partial charge in [-0.2, -0.15) is 0 Å². The quantitative estimate of drug-likeness (QED) is 0.564. The van der Waals surface area contributed by atoms with E-state index in [0.717, 1.165) is 70.6 Å². The van der Waals surface area contributed by atoms with E-state index in [4.69, 9.17) is 0 Å². The van der Waals surface area contributed by atoms with Crippen LogP contribution in [0.1, 0.15) is 43.0 Å². The van der Waals surface area contributed by atoms with Crippen molar-refractivity contribution in [2.45, 2.75) is 37.5 Å². The first-order chi connectivity index (χ1) is 16.8. The number of likely N-dealkylation sites (tertiary alicyclic amines) is 1. The minimum Gasteiger partial charge on any atom is -0.367 e. The van der Waals surface area contributed by atoms with Gasteiger partial charge in [0, 0.05) is 57.4 Å². The molecule has 3 N–H and O–H groups in total. The Morgan fingerprint density at radius 1 is 0.886 bits per heavy atom. The Morgan fingerprint density at radius 2 is 1.54 bits per heavy atom. The van der Waals surface area contributed by atoms with Crippen LogP contribution in [-0.4, -0.2) is 64.4 Å². The van der Waals surface area contributed by atoms with Gasteiger partial charge in [-0.1, -0.05) is 12.8 Å². The SMILES string of the molecule is CC(=O)Nc1ccc(S(=O)(=O)Nc2cc(C(=O)N3CCCCCC3)ccc2N2CCNCC2)cc1. The molecule has 0 aliphatic carbocycles. The molecule has 35 heavy (non-hydrogen) atoms. The van der Waals surface area contributed by atoms with Gasteiger partial charge in [-0.05, 0) is 55.3 Å². The Hall–Kier alpha value is -3.11. The van der Waals surface area contributed by atoms with Crippen LogP contribution in [-0.2, 0) is 14.8 Å². The van der Waals surface area contributed by atoms with Gasteiger partial charge in [0.2, 0.25) is 5.91 Å². The summed E-state index contributed by atoms with van der Waals surface area (Å²) in [6.07, 6.45) is 4.21. The maximum atomic E-state index is 13.3. The van der Waals surface area contributed by atoms with Gasteiger partial charge >= 0.3 is 0 Å². The normalized spacial score (nSPS) is 16.9. The number of carbonyl (C=O) groups excluding carboxylic acids is 2. The third-order valence-electron chi connectivity index (χ3n) is 6.32. The van der Waals surface area contributed by atoms with Crippen LogP contribution in [0, 0.1) is 0 Å². The first-order valence-corrected chi connectivity index (χ1v) is 13.6. The number of hydrogen-bond donors (Lipinski definition) is 3. The number of nitrogens with zero attached hydrogens (tertiary/aromatic N) is 2. The zero-order valence-electron chi connectivity index (χ0n) is 20.0. The van der Waals surface area contributed by atoms with Crippen molar-refractivity contribution < 1.29 is 18.0 Å². The van der Waals surface area contributed by atoms with E-state index in [0.29, 0.717) is 16.9 Å². The molecule has 0 aromatic heterocycles. The van der Waals surface area contributed by atoms with Crippen molar-refractivity contribution in [3.8, 4) is 0 Å². The molecule has 0 saturated carbocycles. The number of carbonyl (C=O) groups is 2. The van der Waals surface area contributed by atoms with Crippen LogP contribution in [0.15, 0.2) is 47.4 Å². The number of anilines is 3. The number of benzene rings is 2. The highest BCUT2D eigenvalue weighted by Crippen LogP contribution is 2.31. The predicted molar refractivity (Wildman–Crippen MR) is 137 cm³/mol. The topological polar surface area (TPSA) is 111 Å². The summed E-state index contributed by atoms with van der Waals surface area (Å²) in [5.41, 5.74) is 2.13. The van der Waals surface area contributed by atoms with Crippen molar-refractivity contribution in [1.82, 2.24) is 10.2 Å². The molecule has 2 saturated heterocycles. The highest BCUT2D eigenvalue weighted by Gasteiger charge is 2.23. The fourth-order valence-corrected chi connectivity index (χ4v) is 5.58. The van der Waals surface area contributed by atoms with Gasteiger partial charge in [-0.25, -0.2) is 8.42 Å². The fourth-order valence-electron chi connectivity index (χ4n) is 4.51. The molecule has 2 aromatic rings. The van der Waals surface area contributed by atoms with Crippen molar-refractivity contribution in [3.63, 3.8) is 0 Å². The summed E-state index contributed by atoms with van der Waals surface area (Å²) < 4.78 is 29.3. The van der Waals surface area contributed by atoms with E-state index in [9.17, 15) is 18.0 Å². The van der Waals surface area contributed by atoms with Gasteiger partial charge < -0.3 is 20.4 Å². The van der Waals surface area contributed by atoms with E-state index >= 15 is 0 Å². The summed E-state index contributed by atoms with van der Waals surface area (Å²) in [6, 6.07) is 11.3. The van der Waals surface area contributed by atoms with Gasteiger partial charge in [0.25, 0.3) is 15.9 Å². The minimum atomic E-state index is -3.92. The Bertz CT molecular complexity index is 1150. The lowest BCUT2D eigenvalue weighted by Crippen LogP contribution is -2.43. The third kappa shape index (κ3) is 6.32. The van der Waals surface area contributed by atoms with E-state index in [2.05, 4.69) is 20.3 Å². The molecule has 2 heterocycles. The van der Waals surface area contributed by atoms with Gasteiger partial charge in [0.15, 0.2) is 0 Å². The zero-order chi connectivity index (χ0) is 24.8. The van der Waals surface area contributed by atoms with E-state index in [1.807, 2.05) is 11.0 Å². The maximum absolute atomic E-state index is 13.3. The van der Waals surface area contributed by atoms with Gasteiger partial charge in [-0.15, -0.1) is 0 Å². The highest BCUT2D eigenvalue weighted by molar-refractivity contribution is 7.92. The number of nitrogens with one attached hydrogen (secondary N) is 3. The summed E-state index contributed by atoms with van der Waals surface area (Å²) in [5.74, 6) is -0.302. The second-order valence-corrected chi connectivity index (χ2v) is 10.7. The lowest BCUT2D eigenvalue weighted by Gasteiger charge is -2.31. The molecular formula is C25H33N5O4S. The summed E-state index contributed by atoms with van der Waals surface area (Å²) >= 11 is 0. The molecule has 0 radical (unpaired) electrons. The summed E-state index contributed by atoms with van der Waals surface area (Å²) in [6.45, 7) is 5.90. The van der Waals surface area contributed by atoms with Crippen LogP contribution in [0.5, 0.6) is 0 Å². The molecule has 0 bridgehead atoms. The zero-order valence-corrected chi connectivity index (χ0v) is 20.9. The molecule has 2 aliphatic heterocycles. The molecule has 2 fully saturated rings. The fraction of sp³-hybridized carbons (Fsp3) is 0.440. The second-order valence-electron chi connectivity index (χ2n) is 8.99. The third-order valence-corrected chi connectivity index (χ3v) is 7.71. The summed E-state index contributed by atoms with van der Waals surface area (Å²) in [7, 11) is -3.92. The van der Waals surface area contributed by atoms with Crippen LogP contribution < -0.4 is 20.3 Å². The van der Waals surface area contributed by atoms with E-state index in [1.165, 1.54) is 19.1 Å². The molecule has 10 heteroatoms. The Labute approximate surface area is 206 Å². The number of hydrogen-bond acceptors (Lipinski definition) is 6. The Kier molecular flexibility index (Phi) is 7.92. The molecule has 0 unspecified atom stereocenters. The van der Waals surface area contributed by atoms with Gasteiger partial charge in [0.05, 0.1) is 16.3 Å². The molecule has 2 amide bonds. The predicted octanol–water partition coefficient (Wildman–Crippen LogP) is 2.87. The smallest absolute Gasteiger partial charge is 0.261 e. The first kappa shape index (κ1) is 25.0. The number of amides is 2. The molecule has 0 spiro atoms. The molecule has 2 aromatic carbocycles. The van der Waals surface area contributed by atoms with Crippen molar-refractivity contribution in [1.29, 1.82) is 0 Å². The Balaban J connectivity index is 1.64. The van der Waals surface area contributed by atoms with Crippen molar-refractivity contribution in [2.75, 3.05) is 54.2 Å². The molecule has 0 atom stereocenters. The van der Waals surface area contributed by atoms with Crippen LogP contribution in [0.2, 0.25) is 0 Å². The molecule has 4 rings (SSSR count). The molecule has 2 aliphatic rings. The van der Waals surface area contributed by atoms with Crippen LogP contribution in [0.4, 0.5) is 17.1 Å². The van der Waals surface area contributed by atoms with Crippen LogP contribution in [0.25, 0.3) is 0 Å². The standard InChI is InChI=1S/C25H33N5O4S/c1-19(31)27-21-7-9-22(10-8-21)35(33,34)28-23-18-20(25(32)30-14-4-2-3-5-15-30)6-11-24(23)29-16-12-26-13-17-29/h6-11,18,26,28H,2-5,12-17H2,1H3,(H,27,31). The average Bonchev–Trinajstić information content (AvgIpc) is 3.13. The van der Waals surface area contributed by atoms with Crippen LogP contribution in [0.3, 0.4) is 0 Å². The summed E-state index contributed by atoms with van der Waals surface area (Å²) in [5, 5.41) is 5.94. The van der Waals surface area contributed by atoms with Crippen LogP contribution >= 0.6 is 0 Å². The van der Waals surface area contributed by atoms with E-state index in [1.54, 1.807) is 24.3 Å².